The van der Waals surface area contributed by atoms with Gasteiger partial charge in [-0.3, -0.25) is 9.80 Å². The third-order valence-corrected chi connectivity index (χ3v) is 2.20. The van der Waals surface area contributed by atoms with E-state index in [0.717, 1.165) is 13.1 Å². The molecule has 12 heavy (non-hydrogen) atoms. The van der Waals surface area contributed by atoms with Crippen LogP contribution >= 0.6 is 11.6 Å². The average Bonchev–Trinajstić information content (AvgIpc) is 2.19. The molecule has 0 aromatic heterocycles. The van der Waals surface area contributed by atoms with Crippen LogP contribution in [0.3, 0.4) is 0 Å². The molecule has 1 saturated heterocycles. The summed E-state index contributed by atoms with van der Waals surface area (Å²) in [5.41, 5.74) is 0.120. The molecule has 7 heteroatoms. The van der Waals surface area contributed by atoms with Gasteiger partial charge in [0, 0.05) is 13.1 Å². The van der Waals surface area contributed by atoms with Crippen LogP contribution in [0.2, 0.25) is 0 Å². The molecule has 0 amide bonds. The van der Waals surface area contributed by atoms with Crippen molar-refractivity contribution in [1.82, 2.24) is 9.80 Å². The molecule has 1 fully saturated rings. The van der Waals surface area contributed by atoms with E-state index in [0.29, 0.717) is 0 Å². The fourth-order valence-corrected chi connectivity index (χ4v) is 1.06. The van der Waals surface area contributed by atoms with E-state index in [1.165, 1.54) is 0 Å². The number of rotatable bonds is 0. The quantitative estimate of drug-likeness (QED) is 0.257. The van der Waals surface area contributed by atoms with Gasteiger partial charge in [0.15, 0.2) is 0 Å². The molecule has 0 aromatic carbocycles. The first-order chi connectivity index (χ1) is 5.45. The monoisotopic (exact) mass is 197 g/mol. The second-order valence-corrected chi connectivity index (χ2v) is 2.90. The maximum absolute atomic E-state index is 8.36. The van der Waals surface area contributed by atoms with Crippen LogP contribution < -0.4 is 0 Å². The van der Waals surface area contributed by atoms with E-state index in [9.17, 15) is 0 Å². The maximum atomic E-state index is 8.36. The van der Waals surface area contributed by atoms with E-state index >= 15 is 0 Å². The van der Waals surface area contributed by atoms with Gasteiger partial charge in [-0.05, 0) is 14.1 Å². The van der Waals surface area contributed by atoms with Crippen molar-refractivity contribution in [3.63, 3.8) is 0 Å². The van der Waals surface area contributed by atoms with Crippen molar-refractivity contribution < 1.29 is 10.3 Å². The second-order valence-electron chi connectivity index (χ2n) is 2.51. The summed E-state index contributed by atoms with van der Waals surface area (Å²) in [6.45, 7) is 2.18. The number of hydrogen-bond donors (Lipinski definition) is 1. The second kappa shape index (κ2) is 5.13. The predicted molar refractivity (Wildman–Crippen MR) is 43.7 cm³/mol. The molecule has 1 aliphatic heterocycles. The Morgan fingerprint density at radius 3 is 1.83 bits per heavy atom. The largest absolute Gasteiger partial charge is 0.328 e. The molecule has 0 spiro atoms. The zero-order valence-corrected chi connectivity index (χ0v) is 7.73. The van der Waals surface area contributed by atoms with Gasteiger partial charge in [-0.1, -0.05) is 11.6 Å². The molecule has 0 unspecified atom stereocenters. The van der Waals surface area contributed by atoms with E-state index in [1.807, 2.05) is 14.1 Å². The van der Waals surface area contributed by atoms with Gasteiger partial charge in [0.2, 0.25) is 0 Å². The Labute approximate surface area is 75.4 Å². The standard InChI is InChI=1S/C5H11ClN2.HNO3/c1-7-3-4-8(2)5(7)6;2-1(3)4/h5H,3-4H2,1-2H3;(H,2,3,4). The van der Waals surface area contributed by atoms with E-state index < -0.39 is 5.09 Å². The summed E-state index contributed by atoms with van der Waals surface area (Å²) < 4.78 is 0. The highest BCUT2D eigenvalue weighted by Gasteiger charge is 2.22. The Morgan fingerprint density at radius 2 is 1.75 bits per heavy atom. The Bertz CT molecular complexity index is 143. The Hall–Kier alpha value is -0.590. The zero-order valence-electron chi connectivity index (χ0n) is 6.97. The van der Waals surface area contributed by atoms with Gasteiger partial charge < -0.3 is 5.21 Å². The molecule has 0 saturated carbocycles. The molecule has 1 heterocycles. The van der Waals surface area contributed by atoms with Gasteiger partial charge in [0.25, 0.3) is 5.09 Å². The van der Waals surface area contributed by atoms with Gasteiger partial charge >= 0.3 is 0 Å². The van der Waals surface area contributed by atoms with Crippen molar-refractivity contribution in [2.75, 3.05) is 27.2 Å². The summed E-state index contributed by atoms with van der Waals surface area (Å²) in [6.07, 6.45) is 0. The van der Waals surface area contributed by atoms with Crippen LogP contribution in [-0.2, 0) is 0 Å². The molecule has 1 N–H and O–H groups in total. The number of halogens is 1. The highest BCUT2D eigenvalue weighted by molar-refractivity contribution is 6.20. The number of likely N-dealkylation sites (N-methyl/N-ethyl adjacent to an activating group) is 2. The Balaban J connectivity index is 0.000000261. The number of alkyl halides is 1. The minimum atomic E-state index is -1.50. The van der Waals surface area contributed by atoms with Crippen LogP contribution in [0.5, 0.6) is 0 Å². The summed E-state index contributed by atoms with van der Waals surface area (Å²) >= 11 is 5.86. The van der Waals surface area contributed by atoms with Gasteiger partial charge in [-0.25, -0.2) is 0 Å². The third kappa shape index (κ3) is 4.32. The lowest BCUT2D eigenvalue weighted by atomic mass is 10.6. The fraction of sp³-hybridized carbons (Fsp3) is 1.00. The van der Waals surface area contributed by atoms with Crippen LogP contribution in [0.25, 0.3) is 0 Å². The molecular formula is C5H12ClN3O3. The highest BCUT2D eigenvalue weighted by Crippen LogP contribution is 2.12. The predicted octanol–water partition coefficient (Wildman–Crippen LogP) is 0.0383. The number of hydrogen-bond acceptors (Lipinski definition) is 4. The van der Waals surface area contributed by atoms with Crippen LogP contribution in [0.15, 0.2) is 0 Å². The smallest absolute Gasteiger partial charge is 0.291 e. The first-order valence-corrected chi connectivity index (χ1v) is 3.76. The SMILES string of the molecule is CN1CCN(C)C1Cl.O=[N+]([O-])O. The summed E-state index contributed by atoms with van der Waals surface area (Å²) in [4.78, 5) is 12.6. The number of nitrogens with zero attached hydrogens (tertiary/aromatic N) is 3. The van der Waals surface area contributed by atoms with Gasteiger partial charge in [-0.15, -0.1) is 10.1 Å². The molecule has 72 valence electrons. The summed E-state index contributed by atoms with van der Waals surface area (Å²) in [7, 11) is 4.06. The topological polar surface area (TPSA) is 69.9 Å². The van der Waals surface area contributed by atoms with Gasteiger partial charge in [0.05, 0.1) is 0 Å². The fourth-order valence-electron chi connectivity index (χ4n) is 0.865. The summed E-state index contributed by atoms with van der Waals surface area (Å²) in [5.74, 6) is 0. The van der Waals surface area contributed by atoms with Gasteiger partial charge in [0.1, 0.15) is 5.62 Å². The van der Waals surface area contributed by atoms with Crippen LogP contribution in [0, 0.1) is 10.1 Å². The summed E-state index contributed by atoms with van der Waals surface area (Å²) in [6, 6.07) is 0. The first-order valence-electron chi connectivity index (χ1n) is 3.33. The van der Waals surface area contributed by atoms with E-state index in [1.54, 1.807) is 0 Å². The minimum Gasteiger partial charge on any atom is -0.328 e. The van der Waals surface area contributed by atoms with E-state index in [2.05, 4.69) is 9.80 Å². The van der Waals surface area contributed by atoms with E-state index in [4.69, 9.17) is 26.9 Å². The lowest BCUT2D eigenvalue weighted by Gasteiger charge is -2.16. The minimum absolute atomic E-state index is 0.120. The maximum Gasteiger partial charge on any atom is 0.291 e. The van der Waals surface area contributed by atoms with Crippen molar-refractivity contribution in [3.8, 4) is 0 Å². The molecule has 0 atom stereocenters. The molecule has 0 aliphatic carbocycles. The Morgan fingerprint density at radius 1 is 1.50 bits per heavy atom. The normalized spacial score (nSPS) is 20.2. The van der Waals surface area contributed by atoms with Crippen molar-refractivity contribution in [2.24, 2.45) is 0 Å². The van der Waals surface area contributed by atoms with Crippen molar-refractivity contribution >= 4 is 11.6 Å². The van der Waals surface area contributed by atoms with Crippen molar-refractivity contribution in [3.05, 3.63) is 10.1 Å². The summed E-state index contributed by atoms with van der Waals surface area (Å²) in [5, 5.41) is 13.6. The highest BCUT2D eigenvalue weighted by atomic mass is 35.5. The molecule has 0 aromatic rings. The van der Waals surface area contributed by atoms with Crippen LogP contribution in [0.1, 0.15) is 0 Å². The molecule has 0 bridgehead atoms. The molecule has 0 radical (unpaired) electrons. The Kier molecular flexibility index (Phi) is 4.87. The average molecular weight is 198 g/mol. The molecular weight excluding hydrogens is 186 g/mol. The van der Waals surface area contributed by atoms with Crippen LogP contribution in [0.4, 0.5) is 0 Å². The molecule has 1 aliphatic rings. The van der Waals surface area contributed by atoms with Gasteiger partial charge in [-0.2, -0.15) is 0 Å². The lowest BCUT2D eigenvalue weighted by molar-refractivity contribution is -0.742. The zero-order chi connectivity index (χ0) is 9.72. The first kappa shape index (κ1) is 11.4. The third-order valence-electron chi connectivity index (χ3n) is 1.53. The lowest BCUT2D eigenvalue weighted by Crippen LogP contribution is -2.28. The van der Waals surface area contributed by atoms with Crippen molar-refractivity contribution in [1.29, 1.82) is 0 Å². The van der Waals surface area contributed by atoms with Crippen molar-refractivity contribution in [2.45, 2.75) is 5.62 Å². The molecule has 6 nitrogen and oxygen atoms in total. The molecule has 1 rings (SSSR count). The van der Waals surface area contributed by atoms with E-state index in [-0.39, 0.29) is 5.62 Å². The van der Waals surface area contributed by atoms with Crippen LogP contribution in [-0.4, -0.2) is 52.9 Å².